The highest BCUT2D eigenvalue weighted by Crippen LogP contribution is 2.21. The third kappa shape index (κ3) is 1.21. The summed E-state index contributed by atoms with van der Waals surface area (Å²) in [5, 5.41) is 0. The number of carbonyl (C=O) groups excluding carboxylic acids is 1. The first kappa shape index (κ1) is 6.55. The fourth-order valence-corrected chi connectivity index (χ4v) is 1.29. The third-order valence-corrected chi connectivity index (χ3v) is 1.54. The van der Waals surface area contributed by atoms with Crippen LogP contribution in [-0.2, 0) is 9.53 Å². The van der Waals surface area contributed by atoms with Crippen LogP contribution in [0.1, 0.15) is 6.92 Å². The van der Waals surface area contributed by atoms with Crippen LogP contribution in [0.25, 0.3) is 0 Å². The van der Waals surface area contributed by atoms with Crippen LogP contribution in [0.4, 0.5) is 0 Å². The van der Waals surface area contributed by atoms with Gasteiger partial charge in [0.15, 0.2) is 0 Å². The lowest BCUT2D eigenvalue weighted by molar-refractivity contribution is -0.158. The molecule has 0 aromatic carbocycles. The predicted octanol–water partition coefficient (Wildman–Crippen LogP) is -0.137. The van der Waals surface area contributed by atoms with E-state index >= 15 is 0 Å². The number of hydrogen-bond donors (Lipinski definition) is 0. The molecule has 1 heterocycles. The summed E-state index contributed by atoms with van der Waals surface area (Å²) in [6, 6.07) is 0. The summed E-state index contributed by atoms with van der Waals surface area (Å²) in [6.45, 7) is 4.16. The molecule has 52 valence electrons. The summed E-state index contributed by atoms with van der Waals surface area (Å²) in [4.78, 5) is 12.0. The molecule has 0 atom stereocenters. The Morgan fingerprint density at radius 3 is 2.56 bits per heavy atom. The van der Waals surface area contributed by atoms with E-state index in [2.05, 4.69) is 4.90 Å². The zero-order valence-electron chi connectivity index (χ0n) is 5.76. The second kappa shape index (κ2) is 1.99. The Labute approximate surface area is 54.6 Å². The van der Waals surface area contributed by atoms with Crippen LogP contribution in [0, 0.1) is 0 Å². The van der Waals surface area contributed by atoms with Gasteiger partial charge in [-0.15, -0.1) is 0 Å². The molecule has 1 fully saturated rings. The van der Waals surface area contributed by atoms with Gasteiger partial charge in [0.2, 0.25) is 0 Å². The van der Waals surface area contributed by atoms with Gasteiger partial charge in [0, 0.05) is 13.1 Å². The smallest absolute Gasteiger partial charge is 0.293 e. The van der Waals surface area contributed by atoms with E-state index in [1.165, 1.54) is 0 Å². The van der Waals surface area contributed by atoms with E-state index < -0.39 is 0 Å². The van der Waals surface area contributed by atoms with E-state index in [0.717, 1.165) is 13.1 Å². The molecule has 1 rings (SSSR count). The van der Waals surface area contributed by atoms with Crippen molar-refractivity contribution in [2.45, 2.75) is 12.5 Å². The first-order valence-corrected chi connectivity index (χ1v) is 2.96. The minimum Gasteiger partial charge on any atom is -0.459 e. The molecule has 0 amide bonds. The number of nitrogens with zero attached hydrogens (tertiary/aromatic N) is 1. The lowest BCUT2D eigenvalue weighted by Crippen LogP contribution is -2.59. The molecular weight excluding hydrogens is 118 g/mol. The normalized spacial score (nSPS) is 24.7. The van der Waals surface area contributed by atoms with Gasteiger partial charge in [-0.1, -0.05) is 0 Å². The van der Waals surface area contributed by atoms with Crippen LogP contribution in [0.3, 0.4) is 0 Å². The molecular formula is C6H11NO2. The Bertz CT molecular complexity index is 118. The summed E-state index contributed by atoms with van der Waals surface area (Å²) in [6.07, 6.45) is 0. The minimum absolute atomic E-state index is 0.198. The van der Waals surface area contributed by atoms with Crippen molar-refractivity contribution in [3.05, 3.63) is 0 Å². The van der Waals surface area contributed by atoms with E-state index in [9.17, 15) is 4.79 Å². The van der Waals surface area contributed by atoms with Crippen LogP contribution in [0.15, 0.2) is 0 Å². The number of hydrogen-bond acceptors (Lipinski definition) is 3. The largest absolute Gasteiger partial charge is 0.459 e. The number of carbonyl (C=O) groups is 1. The Hall–Kier alpha value is -0.570. The van der Waals surface area contributed by atoms with Gasteiger partial charge in [-0.25, -0.2) is 0 Å². The van der Waals surface area contributed by atoms with Crippen molar-refractivity contribution in [2.75, 3.05) is 20.1 Å². The van der Waals surface area contributed by atoms with Crippen molar-refractivity contribution < 1.29 is 9.53 Å². The molecule has 0 unspecified atom stereocenters. The second-order valence-electron chi connectivity index (χ2n) is 2.84. The average molecular weight is 129 g/mol. The minimum atomic E-state index is -0.198. The maximum atomic E-state index is 9.88. The van der Waals surface area contributed by atoms with E-state index in [1.54, 1.807) is 0 Å². The van der Waals surface area contributed by atoms with Gasteiger partial charge in [0.1, 0.15) is 5.60 Å². The first-order chi connectivity index (χ1) is 4.16. The summed E-state index contributed by atoms with van der Waals surface area (Å²) < 4.78 is 4.81. The molecule has 0 N–H and O–H groups in total. The highest BCUT2D eigenvalue weighted by Gasteiger charge is 2.38. The number of likely N-dealkylation sites (N-methyl/N-ethyl adjacent to an activating group) is 1. The molecule has 3 heteroatoms. The number of ether oxygens (including phenoxy) is 1. The van der Waals surface area contributed by atoms with Gasteiger partial charge in [-0.2, -0.15) is 0 Å². The zero-order valence-corrected chi connectivity index (χ0v) is 5.76. The van der Waals surface area contributed by atoms with Crippen molar-refractivity contribution in [1.29, 1.82) is 0 Å². The maximum Gasteiger partial charge on any atom is 0.293 e. The molecule has 0 saturated carbocycles. The Kier molecular flexibility index (Phi) is 1.45. The lowest BCUT2D eigenvalue weighted by atomic mass is 9.98. The lowest BCUT2D eigenvalue weighted by Gasteiger charge is -2.43. The molecule has 1 saturated heterocycles. The maximum absolute atomic E-state index is 9.88. The van der Waals surface area contributed by atoms with Crippen molar-refractivity contribution in [3.63, 3.8) is 0 Å². The van der Waals surface area contributed by atoms with Gasteiger partial charge in [-0.3, -0.25) is 9.69 Å². The summed E-state index contributed by atoms with van der Waals surface area (Å²) >= 11 is 0. The van der Waals surface area contributed by atoms with E-state index in [-0.39, 0.29) is 5.60 Å². The second-order valence-corrected chi connectivity index (χ2v) is 2.84. The molecule has 0 aliphatic carbocycles. The van der Waals surface area contributed by atoms with Gasteiger partial charge in [0.05, 0.1) is 0 Å². The quantitative estimate of drug-likeness (QED) is 0.486. The third-order valence-electron chi connectivity index (χ3n) is 1.54. The van der Waals surface area contributed by atoms with E-state index in [1.807, 2.05) is 14.0 Å². The molecule has 0 aromatic heterocycles. The number of likely N-dealkylation sites (tertiary alicyclic amines) is 1. The summed E-state index contributed by atoms with van der Waals surface area (Å²) in [5.74, 6) is 0. The van der Waals surface area contributed by atoms with Crippen molar-refractivity contribution in [2.24, 2.45) is 0 Å². The molecule has 3 nitrogen and oxygen atoms in total. The Morgan fingerprint density at radius 1 is 1.67 bits per heavy atom. The molecule has 0 spiro atoms. The van der Waals surface area contributed by atoms with Crippen molar-refractivity contribution >= 4 is 6.47 Å². The molecule has 0 bridgehead atoms. The molecule has 1 aliphatic rings. The Morgan fingerprint density at radius 2 is 2.22 bits per heavy atom. The van der Waals surface area contributed by atoms with Gasteiger partial charge in [0.25, 0.3) is 6.47 Å². The fraction of sp³-hybridized carbons (Fsp3) is 0.833. The average Bonchev–Trinajstić information content (AvgIpc) is 1.62. The summed E-state index contributed by atoms with van der Waals surface area (Å²) in [7, 11) is 2.00. The topological polar surface area (TPSA) is 29.5 Å². The Balaban J connectivity index is 2.31. The first-order valence-electron chi connectivity index (χ1n) is 2.96. The highest BCUT2D eigenvalue weighted by atomic mass is 16.5. The summed E-state index contributed by atoms with van der Waals surface area (Å²) in [5.41, 5.74) is -0.198. The molecule has 1 aliphatic heterocycles. The SMILES string of the molecule is CN1CC(C)(OC=O)C1. The standard InChI is InChI=1S/C6H11NO2/c1-6(9-5-8)3-7(2)4-6/h5H,3-4H2,1-2H3. The van der Waals surface area contributed by atoms with E-state index in [4.69, 9.17) is 4.74 Å². The van der Waals surface area contributed by atoms with Crippen molar-refractivity contribution in [3.8, 4) is 0 Å². The van der Waals surface area contributed by atoms with E-state index in [0.29, 0.717) is 6.47 Å². The predicted molar refractivity (Wildman–Crippen MR) is 33.1 cm³/mol. The number of rotatable bonds is 2. The van der Waals surface area contributed by atoms with Crippen LogP contribution < -0.4 is 0 Å². The molecule has 0 radical (unpaired) electrons. The zero-order chi connectivity index (χ0) is 6.91. The van der Waals surface area contributed by atoms with Crippen LogP contribution >= 0.6 is 0 Å². The molecule has 9 heavy (non-hydrogen) atoms. The fourth-order valence-electron chi connectivity index (χ4n) is 1.29. The van der Waals surface area contributed by atoms with Gasteiger partial charge >= 0.3 is 0 Å². The van der Waals surface area contributed by atoms with Crippen LogP contribution in [0.2, 0.25) is 0 Å². The van der Waals surface area contributed by atoms with Crippen LogP contribution in [-0.4, -0.2) is 37.1 Å². The van der Waals surface area contributed by atoms with Crippen molar-refractivity contribution in [1.82, 2.24) is 4.90 Å². The monoisotopic (exact) mass is 129 g/mol. The van der Waals surface area contributed by atoms with Gasteiger partial charge < -0.3 is 4.74 Å². The molecule has 0 aromatic rings. The van der Waals surface area contributed by atoms with Gasteiger partial charge in [-0.05, 0) is 14.0 Å². The highest BCUT2D eigenvalue weighted by molar-refractivity contribution is 5.38. The van der Waals surface area contributed by atoms with Crippen LogP contribution in [0.5, 0.6) is 0 Å².